The third-order valence-electron chi connectivity index (χ3n) is 2.57. The highest BCUT2D eigenvalue weighted by Crippen LogP contribution is 2.40. The van der Waals surface area contributed by atoms with Gasteiger partial charge in [0.25, 0.3) is 0 Å². The molecule has 3 nitrogen and oxygen atoms in total. The van der Waals surface area contributed by atoms with Crippen molar-refractivity contribution < 1.29 is 4.52 Å². The second kappa shape index (κ2) is 4.80. The van der Waals surface area contributed by atoms with Crippen LogP contribution >= 0.6 is 12.4 Å². The van der Waals surface area contributed by atoms with Crippen LogP contribution in [0.25, 0.3) is 0 Å². The lowest BCUT2D eigenvalue weighted by atomic mass is 10.1. The van der Waals surface area contributed by atoms with Gasteiger partial charge < -0.3 is 9.84 Å². The van der Waals surface area contributed by atoms with Crippen LogP contribution < -0.4 is 5.32 Å². The highest BCUT2D eigenvalue weighted by molar-refractivity contribution is 5.85. The lowest BCUT2D eigenvalue weighted by molar-refractivity contribution is 0.375. The van der Waals surface area contributed by atoms with Gasteiger partial charge in [-0.1, -0.05) is 5.16 Å². The maximum Gasteiger partial charge on any atom is 0.140 e. The molecule has 14 heavy (non-hydrogen) atoms. The molecule has 0 spiro atoms. The Balaban J connectivity index is 0.000000980. The third kappa shape index (κ3) is 2.72. The van der Waals surface area contributed by atoms with Crippen molar-refractivity contribution in [3.63, 3.8) is 0 Å². The molecule has 1 aliphatic carbocycles. The zero-order chi connectivity index (χ0) is 9.26. The van der Waals surface area contributed by atoms with Crippen LogP contribution in [0.3, 0.4) is 0 Å². The first-order valence-corrected chi connectivity index (χ1v) is 4.92. The molecule has 0 radical (unpaired) electrons. The number of hydrogen-bond donors (Lipinski definition) is 1. The van der Waals surface area contributed by atoms with E-state index in [1.807, 2.05) is 7.05 Å². The van der Waals surface area contributed by atoms with Gasteiger partial charge in [-0.25, -0.2) is 0 Å². The third-order valence-corrected chi connectivity index (χ3v) is 2.57. The summed E-state index contributed by atoms with van der Waals surface area (Å²) in [5.74, 6) is 1.75. The van der Waals surface area contributed by atoms with Crippen LogP contribution in [0.2, 0.25) is 0 Å². The van der Waals surface area contributed by atoms with Crippen LogP contribution in [-0.4, -0.2) is 18.2 Å². The van der Waals surface area contributed by atoms with Gasteiger partial charge in [0.15, 0.2) is 0 Å². The van der Waals surface area contributed by atoms with E-state index in [-0.39, 0.29) is 12.4 Å². The predicted molar refractivity (Wildman–Crippen MR) is 58.0 cm³/mol. The van der Waals surface area contributed by atoms with Gasteiger partial charge in [0.2, 0.25) is 0 Å². The maximum atomic E-state index is 5.26. The number of halogens is 1. The summed E-state index contributed by atoms with van der Waals surface area (Å²) in [6.45, 7) is 2.14. The smallest absolute Gasteiger partial charge is 0.140 e. The summed E-state index contributed by atoms with van der Waals surface area (Å²) in [5, 5.41) is 7.24. The van der Waals surface area contributed by atoms with Gasteiger partial charge >= 0.3 is 0 Å². The average molecular weight is 217 g/mol. The Bertz CT molecular complexity index is 283. The molecule has 0 amide bonds. The molecule has 1 aromatic heterocycles. The Morgan fingerprint density at radius 1 is 1.64 bits per heavy atom. The van der Waals surface area contributed by atoms with Crippen molar-refractivity contribution >= 4 is 12.4 Å². The molecule has 0 saturated heterocycles. The molecular formula is C10H17ClN2O. The molecule has 80 valence electrons. The monoisotopic (exact) mass is 216 g/mol. The zero-order valence-electron chi connectivity index (χ0n) is 8.62. The van der Waals surface area contributed by atoms with Crippen LogP contribution in [0.15, 0.2) is 10.6 Å². The normalized spacial score (nSPS) is 17.6. The molecule has 1 saturated carbocycles. The zero-order valence-corrected chi connectivity index (χ0v) is 9.43. The topological polar surface area (TPSA) is 38.1 Å². The van der Waals surface area contributed by atoms with Crippen molar-refractivity contribution in [3.05, 3.63) is 17.5 Å². The fraction of sp³-hybridized carbons (Fsp3) is 0.700. The standard InChI is InChI=1S/C10H16N2O.ClH/c1-7(11-2)5-9-6-10(13-12-9)8-3-4-8;/h6-8,11H,3-5H2,1-2H3;1H. The van der Waals surface area contributed by atoms with E-state index in [1.54, 1.807) is 0 Å². The Kier molecular flexibility index (Phi) is 3.96. The molecule has 0 bridgehead atoms. The van der Waals surface area contributed by atoms with Crippen LogP contribution in [0.5, 0.6) is 0 Å². The fourth-order valence-electron chi connectivity index (χ4n) is 1.40. The molecule has 1 heterocycles. The van der Waals surface area contributed by atoms with Crippen molar-refractivity contribution in [2.45, 2.75) is 38.1 Å². The van der Waals surface area contributed by atoms with Gasteiger partial charge in [0.1, 0.15) is 5.76 Å². The summed E-state index contributed by atoms with van der Waals surface area (Å²) < 4.78 is 5.26. The summed E-state index contributed by atoms with van der Waals surface area (Å²) in [7, 11) is 1.96. The summed E-state index contributed by atoms with van der Waals surface area (Å²) in [6.07, 6.45) is 3.50. The average Bonchev–Trinajstić information content (AvgIpc) is 2.88. The fourth-order valence-corrected chi connectivity index (χ4v) is 1.40. The van der Waals surface area contributed by atoms with E-state index in [0.717, 1.165) is 17.9 Å². The van der Waals surface area contributed by atoms with Crippen LogP contribution in [0.4, 0.5) is 0 Å². The van der Waals surface area contributed by atoms with Crippen LogP contribution in [0.1, 0.15) is 37.1 Å². The first-order chi connectivity index (χ1) is 6.29. The molecule has 1 aliphatic rings. The van der Waals surface area contributed by atoms with Gasteiger partial charge in [-0.05, 0) is 26.8 Å². The van der Waals surface area contributed by atoms with Crippen molar-refractivity contribution in [3.8, 4) is 0 Å². The van der Waals surface area contributed by atoms with E-state index in [4.69, 9.17) is 4.52 Å². The first-order valence-electron chi connectivity index (χ1n) is 4.92. The van der Waals surface area contributed by atoms with E-state index in [2.05, 4.69) is 23.5 Å². The van der Waals surface area contributed by atoms with Crippen molar-refractivity contribution in [1.29, 1.82) is 0 Å². The summed E-state index contributed by atoms with van der Waals surface area (Å²) in [6, 6.07) is 2.57. The van der Waals surface area contributed by atoms with Crippen LogP contribution in [-0.2, 0) is 6.42 Å². The molecule has 2 rings (SSSR count). The summed E-state index contributed by atoms with van der Waals surface area (Å²) >= 11 is 0. The van der Waals surface area contributed by atoms with Gasteiger partial charge in [-0.2, -0.15) is 0 Å². The highest BCUT2D eigenvalue weighted by Gasteiger charge is 2.27. The quantitative estimate of drug-likeness (QED) is 0.838. The maximum absolute atomic E-state index is 5.26. The molecule has 1 fully saturated rings. The van der Waals surface area contributed by atoms with Crippen molar-refractivity contribution in [2.75, 3.05) is 7.05 Å². The Labute approximate surface area is 90.6 Å². The highest BCUT2D eigenvalue weighted by atomic mass is 35.5. The molecule has 0 aliphatic heterocycles. The van der Waals surface area contributed by atoms with Gasteiger partial charge in [0, 0.05) is 24.4 Å². The van der Waals surface area contributed by atoms with E-state index < -0.39 is 0 Å². The largest absolute Gasteiger partial charge is 0.361 e. The summed E-state index contributed by atoms with van der Waals surface area (Å²) in [4.78, 5) is 0. The number of nitrogens with zero attached hydrogens (tertiary/aromatic N) is 1. The van der Waals surface area contributed by atoms with Crippen molar-refractivity contribution in [2.24, 2.45) is 0 Å². The minimum atomic E-state index is 0. The van der Waals surface area contributed by atoms with E-state index in [9.17, 15) is 0 Å². The molecule has 4 heteroatoms. The number of rotatable bonds is 4. The van der Waals surface area contributed by atoms with E-state index in [0.29, 0.717) is 12.0 Å². The molecule has 1 unspecified atom stereocenters. The minimum Gasteiger partial charge on any atom is -0.361 e. The van der Waals surface area contributed by atoms with E-state index >= 15 is 0 Å². The Morgan fingerprint density at radius 2 is 2.36 bits per heavy atom. The van der Waals surface area contributed by atoms with Gasteiger partial charge in [-0.15, -0.1) is 12.4 Å². The lowest BCUT2D eigenvalue weighted by Crippen LogP contribution is -2.23. The number of hydrogen-bond acceptors (Lipinski definition) is 3. The number of aromatic nitrogens is 1. The Morgan fingerprint density at radius 3 is 2.93 bits per heavy atom. The lowest BCUT2D eigenvalue weighted by Gasteiger charge is -2.05. The first kappa shape index (κ1) is 11.5. The van der Waals surface area contributed by atoms with Gasteiger partial charge in [-0.3, -0.25) is 0 Å². The second-order valence-corrected chi connectivity index (χ2v) is 3.89. The van der Waals surface area contributed by atoms with Crippen molar-refractivity contribution in [1.82, 2.24) is 10.5 Å². The molecule has 0 aromatic carbocycles. The molecule has 1 atom stereocenters. The minimum absolute atomic E-state index is 0. The Hall–Kier alpha value is -0.540. The number of likely N-dealkylation sites (N-methyl/N-ethyl adjacent to an activating group) is 1. The SMILES string of the molecule is CNC(C)Cc1cc(C2CC2)on1.Cl. The predicted octanol–water partition coefficient (Wildman–Crippen LogP) is 2.12. The number of nitrogens with one attached hydrogen (secondary N) is 1. The van der Waals surface area contributed by atoms with Gasteiger partial charge in [0.05, 0.1) is 5.69 Å². The van der Waals surface area contributed by atoms with E-state index in [1.165, 1.54) is 12.8 Å². The second-order valence-electron chi connectivity index (χ2n) is 3.89. The molecule has 1 aromatic rings. The molecular weight excluding hydrogens is 200 g/mol. The summed E-state index contributed by atoms with van der Waals surface area (Å²) in [5.41, 5.74) is 1.07. The molecule has 1 N–H and O–H groups in total. The van der Waals surface area contributed by atoms with Crippen LogP contribution in [0, 0.1) is 0 Å².